The third-order valence-corrected chi connectivity index (χ3v) is 5.83. The van der Waals surface area contributed by atoms with Crippen LogP contribution in [-0.2, 0) is 14.3 Å². The first-order valence-electron chi connectivity index (χ1n) is 8.52. The van der Waals surface area contributed by atoms with Crippen LogP contribution < -0.4 is 0 Å². The molecule has 1 fully saturated rings. The summed E-state index contributed by atoms with van der Waals surface area (Å²) in [5.41, 5.74) is 2.65. The molecule has 0 spiro atoms. The monoisotopic (exact) mass is 316 g/mol. The fraction of sp³-hybridized carbons (Fsp3) is 0.600. The molecule has 2 aliphatic carbocycles. The second kappa shape index (κ2) is 6.86. The molecule has 2 rings (SSSR count). The SMILES string of the molecule is C=C(COC(=O)/C(C)=C\C)[C@H]1C[C@@]2(C)C(=CC1=O)CCC[C@@H]2C. The minimum atomic E-state index is -0.342. The van der Waals surface area contributed by atoms with Crippen LogP contribution in [0.15, 0.2) is 35.5 Å². The summed E-state index contributed by atoms with van der Waals surface area (Å²) in [6, 6.07) is 0. The molecule has 0 heterocycles. The van der Waals surface area contributed by atoms with Crippen LogP contribution in [-0.4, -0.2) is 18.4 Å². The maximum atomic E-state index is 12.5. The lowest BCUT2D eigenvalue weighted by atomic mass is 9.57. The number of hydrogen-bond donors (Lipinski definition) is 0. The lowest BCUT2D eigenvalue weighted by molar-refractivity contribution is -0.138. The number of allylic oxidation sites excluding steroid dienone is 3. The van der Waals surface area contributed by atoms with E-state index in [1.165, 1.54) is 18.4 Å². The Balaban J connectivity index is 2.09. The second-order valence-electron chi connectivity index (χ2n) is 7.25. The fourth-order valence-electron chi connectivity index (χ4n) is 3.72. The highest BCUT2D eigenvalue weighted by Gasteiger charge is 2.44. The summed E-state index contributed by atoms with van der Waals surface area (Å²) in [5, 5.41) is 0. The van der Waals surface area contributed by atoms with Gasteiger partial charge in [0, 0.05) is 11.5 Å². The molecule has 0 N–H and O–H groups in total. The normalized spacial score (nSPS) is 31.2. The predicted molar refractivity (Wildman–Crippen MR) is 91.8 cm³/mol. The van der Waals surface area contributed by atoms with Crippen molar-refractivity contribution < 1.29 is 14.3 Å². The van der Waals surface area contributed by atoms with Crippen LogP contribution in [0.1, 0.15) is 53.4 Å². The van der Waals surface area contributed by atoms with E-state index in [1.54, 1.807) is 19.9 Å². The van der Waals surface area contributed by atoms with E-state index in [4.69, 9.17) is 4.74 Å². The number of rotatable bonds is 4. The van der Waals surface area contributed by atoms with Crippen molar-refractivity contribution in [1.29, 1.82) is 0 Å². The smallest absolute Gasteiger partial charge is 0.333 e. The van der Waals surface area contributed by atoms with Crippen molar-refractivity contribution in [2.24, 2.45) is 17.3 Å². The maximum absolute atomic E-state index is 12.5. The lowest BCUT2D eigenvalue weighted by Gasteiger charge is -2.46. The summed E-state index contributed by atoms with van der Waals surface area (Å²) in [4.78, 5) is 24.2. The Kier molecular flexibility index (Phi) is 5.28. The first kappa shape index (κ1) is 17.7. The van der Waals surface area contributed by atoms with Gasteiger partial charge in [-0.2, -0.15) is 0 Å². The molecule has 0 amide bonds. The Bertz CT molecular complexity index is 582. The Morgan fingerprint density at radius 2 is 2.22 bits per heavy atom. The fourth-order valence-corrected chi connectivity index (χ4v) is 3.72. The van der Waals surface area contributed by atoms with E-state index in [1.807, 2.05) is 6.08 Å². The van der Waals surface area contributed by atoms with Gasteiger partial charge in [-0.1, -0.05) is 32.1 Å². The minimum absolute atomic E-state index is 0.0724. The van der Waals surface area contributed by atoms with E-state index >= 15 is 0 Å². The number of fused-ring (bicyclic) bond motifs is 1. The number of ketones is 1. The molecule has 126 valence electrons. The van der Waals surface area contributed by atoms with Gasteiger partial charge in [0.2, 0.25) is 0 Å². The summed E-state index contributed by atoms with van der Waals surface area (Å²) < 4.78 is 5.27. The summed E-state index contributed by atoms with van der Waals surface area (Å²) in [6.45, 7) is 12.2. The van der Waals surface area contributed by atoms with E-state index in [2.05, 4.69) is 20.4 Å². The van der Waals surface area contributed by atoms with Gasteiger partial charge >= 0.3 is 5.97 Å². The zero-order valence-corrected chi connectivity index (χ0v) is 14.8. The molecule has 0 bridgehead atoms. The lowest BCUT2D eigenvalue weighted by Crippen LogP contribution is -2.40. The molecule has 0 saturated heterocycles. The van der Waals surface area contributed by atoms with Crippen LogP contribution in [0.5, 0.6) is 0 Å². The Morgan fingerprint density at radius 3 is 2.87 bits per heavy atom. The van der Waals surface area contributed by atoms with E-state index in [-0.39, 0.29) is 29.7 Å². The van der Waals surface area contributed by atoms with Gasteiger partial charge in [0.1, 0.15) is 6.61 Å². The number of ether oxygens (including phenoxy) is 1. The minimum Gasteiger partial charge on any atom is -0.458 e. The zero-order chi connectivity index (χ0) is 17.2. The molecule has 0 aromatic rings. The van der Waals surface area contributed by atoms with Crippen LogP contribution in [0, 0.1) is 17.3 Å². The molecule has 3 atom stereocenters. The zero-order valence-electron chi connectivity index (χ0n) is 14.8. The van der Waals surface area contributed by atoms with E-state index in [9.17, 15) is 9.59 Å². The molecule has 23 heavy (non-hydrogen) atoms. The molecule has 3 nitrogen and oxygen atoms in total. The average molecular weight is 316 g/mol. The van der Waals surface area contributed by atoms with Crippen molar-refractivity contribution in [3.63, 3.8) is 0 Å². The number of esters is 1. The topological polar surface area (TPSA) is 43.4 Å². The van der Waals surface area contributed by atoms with Crippen LogP contribution in [0.25, 0.3) is 0 Å². The first-order chi connectivity index (χ1) is 10.8. The highest BCUT2D eigenvalue weighted by atomic mass is 16.5. The Hall–Kier alpha value is -1.64. The quantitative estimate of drug-likeness (QED) is 0.439. The van der Waals surface area contributed by atoms with E-state index < -0.39 is 0 Å². The van der Waals surface area contributed by atoms with Gasteiger partial charge in [-0.15, -0.1) is 0 Å². The highest BCUT2D eigenvalue weighted by Crippen LogP contribution is 2.52. The third-order valence-electron chi connectivity index (χ3n) is 5.83. The molecule has 0 aliphatic heterocycles. The Labute approximate surface area is 139 Å². The van der Waals surface area contributed by atoms with Crippen molar-refractivity contribution in [2.75, 3.05) is 6.61 Å². The number of hydrogen-bond acceptors (Lipinski definition) is 3. The summed E-state index contributed by atoms with van der Waals surface area (Å²) in [7, 11) is 0. The molecule has 0 radical (unpaired) electrons. The van der Waals surface area contributed by atoms with Gasteiger partial charge < -0.3 is 4.74 Å². The maximum Gasteiger partial charge on any atom is 0.333 e. The van der Waals surface area contributed by atoms with Crippen LogP contribution >= 0.6 is 0 Å². The molecule has 0 aromatic carbocycles. The highest BCUT2D eigenvalue weighted by molar-refractivity contribution is 5.96. The molecule has 2 aliphatic rings. The van der Waals surface area contributed by atoms with Crippen molar-refractivity contribution in [3.05, 3.63) is 35.5 Å². The van der Waals surface area contributed by atoms with E-state index in [0.717, 1.165) is 12.8 Å². The number of carbonyl (C=O) groups is 2. The predicted octanol–water partition coefficient (Wildman–Crippen LogP) is 4.39. The van der Waals surface area contributed by atoms with Crippen LogP contribution in [0.4, 0.5) is 0 Å². The van der Waals surface area contributed by atoms with E-state index in [0.29, 0.717) is 17.1 Å². The van der Waals surface area contributed by atoms with Crippen molar-refractivity contribution in [3.8, 4) is 0 Å². The summed E-state index contributed by atoms with van der Waals surface area (Å²) in [6.07, 6.45) is 7.75. The third kappa shape index (κ3) is 3.49. The van der Waals surface area contributed by atoms with Gasteiger partial charge in [0.05, 0.1) is 0 Å². The standard InChI is InChI=1S/C20H28O3/c1-6-13(2)19(22)23-12-14(3)17-11-20(5)15(4)8-7-9-16(20)10-18(17)21/h6,10,15,17H,3,7-9,11-12H2,1-2,4-5H3/b13-6-/t15-,17+,20+/m0/s1. The van der Waals surface area contributed by atoms with Gasteiger partial charge in [0.25, 0.3) is 0 Å². The average Bonchev–Trinajstić information content (AvgIpc) is 2.53. The molecular formula is C20H28O3. The number of carbonyl (C=O) groups excluding carboxylic acids is 2. The molecule has 1 saturated carbocycles. The van der Waals surface area contributed by atoms with Crippen molar-refractivity contribution in [1.82, 2.24) is 0 Å². The van der Waals surface area contributed by atoms with Crippen LogP contribution in [0.3, 0.4) is 0 Å². The largest absolute Gasteiger partial charge is 0.458 e. The van der Waals surface area contributed by atoms with Gasteiger partial charge in [0.15, 0.2) is 5.78 Å². The Morgan fingerprint density at radius 1 is 1.52 bits per heavy atom. The summed E-state index contributed by atoms with van der Waals surface area (Å²) in [5.74, 6) is 0.113. The molecule has 3 heteroatoms. The molecule has 0 unspecified atom stereocenters. The second-order valence-corrected chi connectivity index (χ2v) is 7.25. The first-order valence-corrected chi connectivity index (χ1v) is 8.52. The molecular weight excluding hydrogens is 288 g/mol. The van der Waals surface area contributed by atoms with Crippen LogP contribution in [0.2, 0.25) is 0 Å². The molecule has 0 aromatic heterocycles. The van der Waals surface area contributed by atoms with Gasteiger partial charge in [-0.25, -0.2) is 4.79 Å². The van der Waals surface area contributed by atoms with Crippen molar-refractivity contribution in [2.45, 2.75) is 53.4 Å². The summed E-state index contributed by atoms with van der Waals surface area (Å²) >= 11 is 0. The van der Waals surface area contributed by atoms with Gasteiger partial charge in [-0.05, 0) is 62.5 Å². The van der Waals surface area contributed by atoms with Crippen molar-refractivity contribution >= 4 is 11.8 Å². The van der Waals surface area contributed by atoms with Gasteiger partial charge in [-0.3, -0.25) is 4.79 Å².